The number of benzene rings is 1. The van der Waals surface area contributed by atoms with Crippen LogP contribution >= 0.6 is 0 Å². The lowest BCUT2D eigenvalue weighted by atomic mass is 10.1. The van der Waals surface area contributed by atoms with Gasteiger partial charge in [0.25, 0.3) is 0 Å². The first-order valence-corrected chi connectivity index (χ1v) is 6.06. The molecule has 0 aliphatic rings. The van der Waals surface area contributed by atoms with Gasteiger partial charge in [-0.25, -0.2) is 4.68 Å². The second kappa shape index (κ2) is 5.23. The Morgan fingerprint density at radius 1 is 1.33 bits per heavy atom. The minimum Gasteiger partial charge on any atom is -0.439 e. The van der Waals surface area contributed by atoms with Crippen LogP contribution in [-0.4, -0.2) is 16.8 Å². The van der Waals surface area contributed by atoms with Gasteiger partial charge in [-0.15, -0.1) is 0 Å². The van der Waals surface area contributed by atoms with E-state index in [4.69, 9.17) is 4.74 Å². The summed E-state index contributed by atoms with van der Waals surface area (Å²) in [5.74, 6) is 1.62. The number of nitrogens with one attached hydrogen (secondary N) is 1. The fourth-order valence-electron chi connectivity index (χ4n) is 1.88. The molecule has 0 aliphatic carbocycles. The highest BCUT2D eigenvalue weighted by molar-refractivity contribution is 5.38. The molecule has 0 spiro atoms. The molecule has 18 heavy (non-hydrogen) atoms. The number of aryl methyl sites for hydroxylation is 2. The van der Waals surface area contributed by atoms with Gasteiger partial charge in [0.1, 0.15) is 5.75 Å². The summed E-state index contributed by atoms with van der Waals surface area (Å²) >= 11 is 0. The molecular formula is C14H19N3O. The molecule has 4 nitrogen and oxygen atoms in total. The maximum absolute atomic E-state index is 5.94. The van der Waals surface area contributed by atoms with Gasteiger partial charge < -0.3 is 10.1 Å². The zero-order valence-electron chi connectivity index (χ0n) is 11.3. The number of ether oxygens (including phenoxy) is 1. The molecule has 0 amide bonds. The van der Waals surface area contributed by atoms with E-state index >= 15 is 0 Å². The number of hydrogen-bond acceptors (Lipinski definition) is 3. The molecule has 0 saturated heterocycles. The Kier molecular flexibility index (Phi) is 3.67. The molecule has 1 N–H and O–H groups in total. The summed E-state index contributed by atoms with van der Waals surface area (Å²) in [6, 6.07) is 10.2. The summed E-state index contributed by atoms with van der Waals surface area (Å²) in [7, 11) is 3.82. The van der Waals surface area contributed by atoms with Crippen LogP contribution < -0.4 is 10.1 Å². The largest absolute Gasteiger partial charge is 0.439 e. The molecule has 0 aliphatic heterocycles. The third-order valence-corrected chi connectivity index (χ3v) is 2.99. The van der Waals surface area contributed by atoms with E-state index in [1.165, 1.54) is 0 Å². The quantitative estimate of drug-likeness (QED) is 0.900. The van der Waals surface area contributed by atoms with E-state index in [2.05, 4.69) is 23.4 Å². The highest BCUT2D eigenvalue weighted by atomic mass is 16.5. The Balaban J connectivity index is 2.31. The third-order valence-electron chi connectivity index (χ3n) is 2.99. The van der Waals surface area contributed by atoms with Crippen molar-refractivity contribution < 1.29 is 4.74 Å². The summed E-state index contributed by atoms with van der Waals surface area (Å²) in [6.07, 6.45) is 0. The molecule has 1 heterocycles. The lowest BCUT2D eigenvalue weighted by Crippen LogP contribution is -2.13. The highest BCUT2D eigenvalue weighted by Crippen LogP contribution is 2.29. The molecule has 96 valence electrons. The van der Waals surface area contributed by atoms with Gasteiger partial charge in [-0.2, -0.15) is 5.10 Å². The average Bonchev–Trinajstić information content (AvgIpc) is 2.67. The molecule has 1 unspecified atom stereocenters. The van der Waals surface area contributed by atoms with Crippen molar-refractivity contribution in [3.05, 3.63) is 41.6 Å². The summed E-state index contributed by atoms with van der Waals surface area (Å²) in [6.45, 7) is 4.06. The van der Waals surface area contributed by atoms with Crippen molar-refractivity contribution >= 4 is 0 Å². The molecule has 0 bridgehead atoms. The lowest BCUT2D eigenvalue weighted by molar-refractivity contribution is 0.420. The van der Waals surface area contributed by atoms with E-state index in [0.29, 0.717) is 0 Å². The smallest absolute Gasteiger partial charge is 0.217 e. The van der Waals surface area contributed by atoms with Gasteiger partial charge in [-0.1, -0.05) is 18.2 Å². The minimum atomic E-state index is 0.246. The Labute approximate surface area is 108 Å². The van der Waals surface area contributed by atoms with Gasteiger partial charge in [-0.3, -0.25) is 0 Å². The minimum absolute atomic E-state index is 0.246. The van der Waals surface area contributed by atoms with Crippen molar-refractivity contribution in [1.82, 2.24) is 15.1 Å². The molecule has 1 aromatic heterocycles. The van der Waals surface area contributed by atoms with Gasteiger partial charge in [-0.05, 0) is 27.0 Å². The van der Waals surface area contributed by atoms with Crippen molar-refractivity contribution in [2.24, 2.45) is 7.05 Å². The Morgan fingerprint density at radius 3 is 2.67 bits per heavy atom. The van der Waals surface area contributed by atoms with Crippen molar-refractivity contribution in [1.29, 1.82) is 0 Å². The second-order valence-electron chi connectivity index (χ2n) is 4.40. The van der Waals surface area contributed by atoms with E-state index in [1.807, 2.05) is 45.3 Å². The number of hydrogen-bond donors (Lipinski definition) is 1. The van der Waals surface area contributed by atoms with Crippen LogP contribution in [0.3, 0.4) is 0 Å². The van der Waals surface area contributed by atoms with Crippen LogP contribution in [0.4, 0.5) is 0 Å². The van der Waals surface area contributed by atoms with E-state index in [1.54, 1.807) is 4.68 Å². The highest BCUT2D eigenvalue weighted by Gasteiger charge is 2.12. The number of aromatic nitrogens is 2. The number of rotatable bonds is 4. The molecule has 2 rings (SSSR count). The van der Waals surface area contributed by atoms with Crippen molar-refractivity contribution in [3.8, 4) is 11.6 Å². The molecule has 2 aromatic rings. The van der Waals surface area contributed by atoms with Crippen molar-refractivity contribution in [2.75, 3.05) is 7.05 Å². The molecular weight excluding hydrogens is 226 g/mol. The topological polar surface area (TPSA) is 39.1 Å². The monoisotopic (exact) mass is 245 g/mol. The molecule has 1 atom stereocenters. The van der Waals surface area contributed by atoms with Crippen LogP contribution in [0, 0.1) is 6.92 Å². The first kappa shape index (κ1) is 12.6. The Hall–Kier alpha value is -1.81. The lowest BCUT2D eigenvalue weighted by Gasteiger charge is -2.15. The first-order chi connectivity index (χ1) is 8.61. The van der Waals surface area contributed by atoms with Gasteiger partial charge in [0.15, 0.2) is 0 Å². The second-order valence-corrected chi connectivity index (χ2v) is 4.40. The van der Waals surface area contributed by atoms with E-state index < -0.39 is 0 Å². The van der Waals surface area contributed by atoms with Crippen LogP contribution in [0.2, 0.25) is 0 Å². The van der Waals surface area contributed by atoms with Gasteiger partial charge in [0, 0.05) is 24.7 Å². The van der Waals surface area contributed by atoms with Crippen LogP contribution in [0.5, 0.6) is 11.6 Å². The third kappa shape index (κ3) is 2.54. The first-order valence-electron chi connectivity index (χ1n) is 6.06. The summed E-state index contributed by atoms with van der Waals surface area (Å²) in [4.78, 5) is 0. The summed E-state index contributed by atoms with van der Waals surface area (Å²) in [5, 5.41) is 7.50. The predicted molar refractivity (Wildman–Crippen MR) is 71.9 cm³/mol. The van der Waals surface area contributed by atoms with Crippen molar-refractivity contribution in [2.45, 2.75) is 19.9 Å². The van der Waals surface area contributed by atoms with Crippen LogP contribution in [-0.2, 0) is 7.05 Å². The van der Waals surface area contributed by atoms with Crippen LogP contribution in [0.25, 0.3) is 0 Å². The van der Waals surface area contributed by atoms with Gasteiger partial charge >= 0.3 is 0 Å². The molecule has 0 saturated carbocycles. The normalized spacial score (nSPS) is 12.4. The Morgan fingerprint density at radius 2 is 2.06 bits per heavy atom. The van der Waals surface area contributed by atoms with E-state index in [9.17, 15) is 0 Å². The zero-order chi connectivity index (χ0) is 13.1. The number of nitrogens with zero attached hydrogens (tertiary/aromatic N) is 2. The van der Waals surface area contributed by atoms with Crippen molar-refractivity contribution in [3.63, 3.8) is 0 Å². The van der Waals surface area contributed by atoms with E-state index in [-0.39, 0.29) is 6.04 Å². The van der Waals surface area contributed by atoms with Gasteiger partial charge in [0.2, 0.25) is 5.88 Å². The van der Waals surface area contributed by atoms with Crippen LogP contribution in [0.15, 0.2) is 30.3 Å². The molecule has 4 heteroatoms. The summed E-state index contributed by atoms with van der Waals surface area (Å²) in [5.41, 5.74) is 2.09. The maximum Gasteiger partial charge on any atom is 0.217 e. The average molecular weight is 245 g/mol. The fraction of sp³-hybridized carbons (Fsp3) is 0.357. The molecule has 1 aromatic carbocycles. The van der Waals surface area contributed by atoms with Gasteiger partial charge in [0.05, 0.1) is 5.69 Å². The SMILES string of the molecule is CNC(C)c1ccccc1Oc1cc(C)nn1C. The predicted octanol–water partition coefficient (Wildman–Crippen LogP) is 2.80. The standard InChI is InChI=1S/C14H19N3O/c1-10-9-14(17(4)16-10)18-13-8-6-5-7-12(13)11(2)15-3/h5-9,11,15H,1-4H3. The number of para-hydroxylation sites is 1. The Bertz CT molecular complexity index is 534. The molecule has 0 radical (unpaired) electrons. The zero-order valence-corrected chi connectivity index (χ0v) is 11.3. The fourth-order valence-corrected chi connectivity index (χ4v) is 1.88. The maximum atomic E-state index is 5.94. The summed E-state index contributed by atoms with van der Waals surface area (Å²) < 4.78 is 7.69. The van der Waals surface area contributed by atoms with E-state index in [0.717, 1.165) is 22.9 Å². The molecule has 0 fully saturated rings. The van der Waals surface area contributed by atoms with Crippen LogP contribution in [0.1, 0.15) is 24.2 Å².